The van der Waals surface area contributed by atoms with Crippen LogP contribution in [0.3, 0.4) is 0 Å². The van der Waals surface area contributed by atoms with Crippen LogP contribution in [-0.2, 0) is 14.4 Å². The van der Waals surface area contributed by atoms with Crippen LogP contribution in [0.25, 0.3) is 0 Å². The van der Waals surface area contributed by atoms with Gasteiger partial charge in [0.1, 0.15) is 11.8 Å². The zero-order valence-corrected chi connectivity index (χ0v) is 20.0. The molecule has 6 heteroatoms. The highest BCUT2D eigenvalue weighted by Crippen LogP contribution is 2.46. The number of carboxylic acids is 1. The first-order valence-electron chi connectivity index (χ1n) is 11.4. The second kappa shape index (κ2) is 10.3. The second-order valence-corrected chi connectivity index (χ2v) is 9.92. The van der Waals surface area contributed by atoms with Crippen molar-refractivity contribution >= 4 is 17.5 Å². The van der Waals surface area contributed by atoms with E-state index in [1.54, 1.807) is 13.8 Å². The molecule has 0 saturated heterocycles. The third-order valence-electron chi connectivity index (χ3n) is 7.02. The predicted octanol–water partition coefficient (Wildman–Crippen LogP) is 5.03. The van der Waals surface area contributed by atoms with Crippen molar-refractivity contribution in [3.8, 4) is 0 Å². The molecule has 2 aliphatic rings. The maximum absolute atomic E-state index is 12.4. The van der Waals surface area contributed by atoms with Crippen LogP contribution < -0.4 is 5.32 Å². The van der Waals surface area contributed by atoms with Crippen molar-refractivity contribution in [2.45, 2.75) is 79.2 Å². The molecule has 3 atom stereocenters. The first-order valence-corrected chi connectivity index (χ1v) is 11.4. The number of hydrogen-bond acceptors (Lipinski definition) is 5. The summed E-state index contributed by atoms with van der Waals surface area (Å²) in [6.45, 7) is 14.3. The number of allylic oxidation sites excluding steroid dienone is 5. The van der Waals surface area contributed by atoms with E-state index in [1.165, 1.54) is 18.4 Å². The zero-order chi connectivity index (χ0) is 24.2. The summed E-state index contributed by atoms with van der Waals surface area (Å²) in [5, 5.41) is 22.7. The van der Waals surface area contributed by atoms with Gasteiger partial charge in [-0.25, -0.2) is 4.79 Å². The Morgan fingerprint density at radius 2 is 2.03 bits per heavy atom. The van der Waals surface area contributed by atoms with Gasteiger partial charge < -0.3 is 15.5 Å². The lowest BCUT2D eigenvalue weighted by atomic mass is 9.65. The lowest BCUT2D eigenvalue weighted by molar-refractivity contribution is -0.140. The molecule has 176 valence electrons. The van der Waals surface area contributed by atoms with Crippen LogP contribution in [-0.4, -0.2) is 33.8 Å². The van der Waals surface area contributed by atoms with E-state index >= 15 is 0 Å². The molecule has 0 amide bonds. The van der Waals surface area contributed by atoms with Crippen LogP contribution in [0.1, 0.15) is 73.1 Å². The normalized spacial score (nSPS) is 25.8. The zero-order valence-electron chi connectivity index (χ0n) is 20.0. The summed E-state index contributed by atoms with van der Waals surface area (Å²) < 4.78 is 0. The Balaban J connectivity index is 2.13. The smallest absolute Gasteiger partial charge is 0.326 e. The Morgan fingerprint density at radius 1 is 1.38 bits per heavy atom. The maximum atomic E-state index is 12.4. The minimum atomic E-state index is -1.09. The molecule has 0 radical (unpaired) electrons. The van der Waals surface area contributed by atoms with E-state index in [0.717, 1.165) is 30.9 Å². The molecular weight excluding hydrogens is 406 g/mol. The highest BCUT2D eigenvalue weighted by molar-refractivity contribution is 6.48. The van der Waals surface area contributed by atoms with E-state index in [2.05, 4.69) is 25.7 Å². The molecule has 0 aromatic carbocycles. The second-order valence-electron chi connectivity index (χ2n) is 9.92. The molecule has 0 aliphatic heterocycles. The molecule has 2 rings (SSSR count). The SMILES string of the molecule is C=C1[C@H](C)CCC[C@]1(C)CC/C(C)=C/CC1=C(O)C(N[C@@H](C(=O)O)C(C)C)=CC(=O)C1=O. The number of carbonyl (C=O) groups excluding carboxylic acids is 2. The third kappa shape index (κ3) is 5.78. The average molecular weight is 444 g/mol. The summed E-state index contributed by atoms with van der Waals surface area (Å²) in [4.78, 5) is 36.0. The van der Waals surface area contributed by atoms with Gasteiger partial charge in [-0.15, -0.1) is 0 Å². The summed E-state index contributed by atoms with van der Waals surface area (Å²) in [6.07, 6.45) is 8.30. The molecule has 0 aromatic heterocycles. The Morgan fingerprint density at radius 3 is 2.62 bits per heavy atom. The predicted molar refractivity (Wildman–Crippen MR) is 125 cm³/mol. The highest BCUT2D eigenvalue weighted by atomic mass is 16.4. The summed E-state index contributed by atoms with van der Waals surface area (Å²) in [5.74, 6) is -2.72. The number of carboxylic acid groups (broad SMARTS) is 1. The van der Waals surface area contributed by atoms with Gasteiger partial charge in [-0.1, -0.05) is 57.9 Å². The molecule has 1 saturated carbocycles. The topological polar surface area (TPSA) is 104 Å². The molecule has 32 heavy (non-hydrogen) atoms. The molecule has 0 bridgehead atoms. The fraction of sp³-hybridized carbons (Fsp3) is 0.577. The number of ketones is 2. The first kappa shape index (κ1) is 25.6. The number of hydrogen-bond donors (Lipinski definition) is 3. The number of nitrogens with one attached hydrogen (secondary N) is 1. The molecule has 1 fully saturated rings. The Labute approximate surface area is 191 Å². The standard InChI is InChI=1S/C26H37NO5/c1-15(2)22(25(31)32)27-20-14-21(28)24(30)19(23(20)29)10-9-16(3)11-13-26(6)12-7-8-17(4)18(26)5/h9,14-15,17,22,27,29H,5,7-8,10-13H2,1-4,6H3,(H,31,32)/b16-9+/t17-,22-,26-/m1/s1. The maximum Gasteiger partial charge on any atom is 0.326 e. The monoisotopic (exact) mass is 443 g/mol. The summed E-state index contributed by atoms with van der Waals surface area (Å²) in [5.41, 5.74) is 2.47. The van der Waals surface area contributed by atoms with Crippen molar-refractivity contribution in [3.63, 3.8) is 0 Å². The van der Waals surface area contributed by atoms with Crippen molar-refractivity contribution in [2.75, 3.05) is 0 Å². The van der Waals surface area contributed by atoms with Gasteiger partial charge in [0, 0.05) is 6.08 Å². The van der Waals surface area contributed by atoms with Gasteiger partial charge in [-0.3, -0.25) is 9.59 Å². The van der Waals surface area contributed by atoms with E-state index in [4.69, 9.17) is 0 Å². The van der Waals surface area contributed by atoms with Gasteiger partial charge in [-0.2, -0.15) is 0 Å². The lowest BCUT2D eigenvalue weighted by Crippen LogP contribution is -2.42. The average Bonchev–Trinajstić information content (AvgIpc) is 2.71. The van der Waals surface area contributed by atoms with E-state index in [1.807, 2.05) is 13.0 Å². The van der Waals surface area contributed by atoms with Crippen LogP contribution in [0.4, 0.5) is 0 Å². The number of rotatable bonds is 9. The van der Waals surface area contributed by atoms with Crippen LogP contribution >= 0.6 is 0 Å². The fourth-order valence-electron chi connectivity index (χ4n) is 4.53. The van der Waals surface area contributed by atoms with Crippen molar-refractivity contribution in [2.24, 2.45) is 17.3 Å². The third-order valence-corrected chi connectivity index (χ3v) is 7.02. The molecule has 0 spiro atoms. The van der Waals surface area contributed by atoms with E-state index in [9.17, 15) is 24.6 Å². The van der Waals surface area contributed by atoms with Gasteiger partial charge in [0.15, 0.2) is 0 Å². The molecule has 6 nitrogen and oxygen atoms in total. The molecule has 2 aliphatic carbocycles. The number of aliphatic carboxylic acids is 1. The Kier molecular flexibility index (Phi) is 8.27. The van der Waals surface area contributed by atoms with Gasteiger partial charge in [0.25, 0.3) is 0 Å². The van der Waals surface area contributed by atoms with Gasteiger partial charge >= 0.3 is 5.97 Å². The Hall–Kier alpha value is -2.63. The van der Waals surface area contributed by atoms with E-state index < -0.39 is 23.6 Å². The van der Waals surface area contributed by atoms with Gasteiger partial charge in [-0.05, 0) is 56.3 Å². The van der Waals surface area contributed by atoms with Crippen molar-refractivity contribution in [1.29, 1.82) is 0 Å². The lowest BCUT2D eigenvalue weighted by Gasteiger charge is -2.40. The number of Topliss-reactive ketones (excluding diaryl/α,β-unsaturated/α-hetero) is 1. The van der Waals surface area contributed by atoms with Crippen LogP contribution in [0.5, 0.6) is 0 Å². The van der Waals surface area contributed by atoms with Crippen LogP contribution in [0, 0.1) is 17.3 Å². The van der Waals surface area contributed by atoms with Gasteiger partial charge in [0.2, 0.25) is 11.6 Å². The van der Waals surface area contributed by atoms with E-state index in [0.29, 0.717) is 5.92 Å². The largest absolute Gasteiger partial charge is 0.505 e. The molecular formula is C26H37NO5. The van der Waals surface area contributed by atoms with Crippen LogP contribution in [0.2, 0.25) is 0 Å². The molecule has 0 heterocycles. The summed E-state index contributed by atoms with van der Waals surface area (Å²) in [6, 6.07) is -0.991. The minimum absolute atomic E-state index is 0.00541. The summed E-state index contributed by atoms with van der Waals surface area (Å²) >= 11 is 0. The molecule has 0 unspecified atom stereocenters. The number of aliphatic hydroxyl groups is 1. The van der Waals surface area contributed by atoms with Crippen LogP contribution in [0.15, 0.2) is 46.9 Å². The van der Waals surface area contributed by atoms with Crippen molar-refractivity contribution in [3.05, 3.63) is 46.9 Å². The quantitative estimate of drug-likeness (QED) is 0.262. The van der Waals surface area contributed by atoms with E-state index in [-0.39, 0.29) is 34.8 Å². The minimum Gasteiger partial charge on any atom is -0.505 e. The highest BCUT2D eigenvalue weighted by Gasteiger charge is 2.34. The Bertz CT molecular complexity index is 892. The van der Waals surface area contributed by atoms with Crippen molar-refractivity contribution < 1.29 is 24.6 Å². The molecule has 3 N–H and O–H groups in total. The molecule has 0 aromatic rings. The van der Waals surface area contributed by atoms with Crippen molar-refractivity contribution in [1.82, 2.24) is 5.32 Å². The summed E-state index contributed by atoms with van der Waals surface area (Å²) in [7, 11) is 0. The van der Waals surface area contributed by atoms with Gasteiger partial charge in [0.05, 0.1) is 11.3 Å². The number of carbonyl (C=O) groups is 3. The first-order chi connectivity index (χ1) is 14.9. The number of aliphatic hydroxyl groups excluding tert-OH is 1. The fourth-order valence-corrected chi connectivity index (χ4v) is 4.53.